The van der Waals surface area contributed by atoms with Gasteiger partial charge in [-0.05, 0) is 25.8 Å². The van der Waals surface area contributed by atoms with Crippen molar-refractivity contribution in [2.24, 2.45) is 5.92 Å². The quantitative estimate of drug-likeness (QED) is 0.699. The molecule has 1 heterocycles. The van der Waals surface area contributed by atoms with E-state index in [0.717, 1.165) is 37.9 Å². The summed E-state index contributed by atoms with van der Waals surface area (Å²) in [4.78, 5) is 10.4. The molecule has 94 valence electrons. The summed E-state index contributed by atoms with van der Waals surface area (Å²) < 4.78 is 5.59. The van der Waals surface area contributed by atoms with Crippen LogP contribution in [0.4, 0.5) is 0 Å². The lowest BCUT2D eigenvalue weighted by Crippen LogP contribution is -2.23. The Morgan fingerprint density at radius 3 is 2.88 bits per heavy atom. The van der Waals surface area contributed by atoms with Crippen LogP contribution in [0.3, 0.4) is 0 Å². The van der Waals surface area contributed by atoms with E-state index in [4.69, 9.17) is 16.3 Å². The maximum Gasteiger partial charge on any atom is 0.147 e. The van der Waals surface area contributed by atoms with Crippen molar-refractivity contribution < 1.29 is 4.74 Å². The van der Waals surface area contributed by atoms with Crippen molar-refractivity contribution >= 4 is 11.6 Å². The first-order valence-electron chi connectivity index (χ1n) is 5.97. The maximum atomic E-state index is 5.68. The third-order valence-corrected chi connectivity index (χ3v) is 2.97. The van der Waals surface area contributed by atoms with Crippen molar-refractivity contribution in [2.75, 3.05) is 26.8 Å². The predicted octanol–water partition coefficient (Wildman–Crippen LogP) is 1.99. The highest BCUT2D eigenvalue weighted by Crippen LogP contribution is 2.28. The number of hydrogen-bond donors (Lipinski definition) is 0. The van der Waals surface area contributed by atoms with Gasteiger partial charge in [0.2, 0.25) is 0 Å². The predicted molar refractivity (Wildman–Crippen MR) is 66.9 cm³/mol. The molecule has 0 spiro atoms. The summed E-state index contributed by atoms with van der Waals surface area (Å²) in [7, 11) is 2.05. The highest BCUT2D eigenvalue weighted by atomic mass is 35.5. The smallest absolute Gasteiger partial charge is 0.147 e. The SMILES string of the molecule is CN(CCOCC1CC1)Cc1cnc(Cl)cn1. The summed E-state index contributed by atoms with van der Waals surface area (Å²) >= 11 is 5.68. The molecule has 0 saturated heterocycles. The zero-order chi connectivity index (χ0) is 12.1. The van der Waals surface area contributed by atoms with Crippen LogP contribution < -0.4 is 0 Å². The van der Waals surface area contributed by atoms with Crippen LogP contribution in [0.15, 0.2) is 12.4 Å². The van der Waals surface area contributed by atoms with E-state index in [9.17, 15) is 0 Å². The second-order valence-electron chi connectivity index (χ2n) is 4.59. The van der Waals surface area contributed by atoms with Crippen molar-refractivity contribution in [3.05, 3.63) is 23.2 Å². The molecule has 1 aliphatic rings. The molecule has 17 heavy (non-hydrogen) atoms. The van der Waals surface area contributed by atoms with Gasteiger partial charge in [0.15, 0.2) is 0 Å². The van der Waals surface area contributed by atoms with E-state index < -0.39 is 0 Å². The van der Waals surface area contributed by atoms with Crippen molar-refractivity contribution in [1.82, 2.24) is 14.9 Å². The van der Waals surface area contributed by atoms with Crippen LogP contribution in [0.25, 0.3) is 0 Å². The first-order valence-corrected chi connectivity index (χ1v) is 6.34. The molecule has 0 unspecified atom stereocenters. The largest absolute Gasteiger partial charge is 0.380 e. The molecule has 5 heteroatoms. The van der Waals surface area contributed by atoms with Crippen LogP contribution in [0.1, 0.15) is 18.5 Å². The molecule has 0 amide bonds. The van der Waals surface area contributed by atoms with E-state index in [1.807, 2.05) is 0 Å². The van der Waals surface area contributed by atoms with Crippen molar-refractivity contribution in [3.63, 3.8) is 0 Å². The number of hydrogen-bond acceptors (Lipinski definition) is 4. The fourth-order valence-electron chi connectivity index (χ4n) is 1.53. The van der Waals surface area contributed by atoms with E-state index in [1.165, 1.54) is 12.8 Å². The minimum atomic E-state index is 0.434. The summed E-state index contributed by atoms with van der Waals surface area (Å²) in [6, 6.07) is 0. The molecule has 0 atom stereocenters. The molecule has 1 saturated carbocycles. The number of rotatable bonds is 7. The van der Waals surface area contributed by atoms with Gasteiger partial charge >= 0.3 is 0 Å². The minimum Gasteiger partial charge on any atom is -0.380 e. The van der Waals surface area contributed by atoms with Crippen LogP contribution in [0.5, 0.6) is 0 Å². The Balaban J connectivity index is 1.61. The zero-order valence-corrected chi connectivity index (χ0v) is 10.9. The van der Waals surface area contributed by atoms with E-state index in [2.05, 4.69) is 21.9 Å². The molecule has 0 N–H and O–H groups in total. The van der Waals surface area contributed by atoms with Crippen molar-refractivity contribution in [1.29, 1.82) is 0 Å². The van der Waals surface area contributed by atoms with Gasteiger partial charge in [0.05, 0.1) is 24.7 Å². The summed E-state index contributed by atoms with van der Waals surface area (Å²) in [6.45, 7) is 3.40. The highest BCUT2D eigenvalue weighted by Gasteiger charge is 2.20. The van der Waals surface area contributed by atoms with Gasteiger partial charge in [-0.25, -0.2) is 4.98 Å². The van der Waals surface area contributed by atoms with Gasteiger partial charge in [0.1, 0.15) is 5.15 Å². The van der Waals surface area contributed by atoms with E-state index in [1.54, 1.807) is 12.4 Å². The lowest BCUT2D eigenvalue weighted by Gasteiger charge is -2.15. The average Bonchev–Trinajstić information content (AvgIpc) is 3.12. The van der Waals surface area contributed by atoms with Crippen LogP contribution in [-0.2, 0) is 11.3 Å². The average molecular weight is 256 g/mol. The number of likely N-dealkylation sites (N-methyl/N-ethyl adjacent to an activating group) is 1. The summed E-state index contributed by atoms with van der Waals surface area (Å²) in [5, 5.41) is 0.434. The van der Waals surface area contributed by atoms with Crippen molar-refractivity contribution in [2.45, 2.75) is 19.4 Å². The van der Waals surface area contributed by atoms with Gasteiger partial charge in [0.25, 0.3) is 0 Å². The molecular weight excluding hydrogens is 238 g/mol. The number of aromatic nitrogens is 2. The second kappa shape index (κ2) is 6.28. The van der Waals surface area contributed by atoms with Gasteiger partial charge in [-0.3, -0.25) is 9.88 Å². The highest BCUT2D eigenvalue weighted by molar-refractivity contribution is 6.29. The Morgan fingerprint density at radius 1 is 1.41 bits per heavy atom. The molecule has 4 nitrogen and oxygen atoms in total. The van der Waals surface area contributed by atoms with Crippen LogP contribution in [-0.4, -0.2) is 41.7 Å². The first-order chi connectivity index (χ1) is 8.24. The Hall–Kier alpha value is -0.710. The third kappa shape index (κ3) is 4.98. The molecule has 0 aromatic carbocycles. The van der Waals surface area contributed by atoms with E-state index in [0.29, 0.717) is 5.15 Å². The van der Waals surface area contributed by atoms with Gasteiger partial charge < -0.3 is 4.74 Å². The molecule has 1 aromatic heterocycles. The molecule has 1 fully saturated rings. The number of nitrogens with zero attached hydrogens (tertiary/aromatic N) is 3. The standard InChI is InChI=1S/C12H18ClN3O/c1-16(4-5-17-9-10-2-3-10)8-11-6-15-12(13)7-14-11/h6-7,10H,2-5,8-9H2,1H3. The number of halogens is 1. The van der Waals surface area contributed by atoms with Crippen LogP contribution in [0, 0.1) is 5.92 Å². The van der Waals surface area contributed by atoms with Crippen LogP contribution in [0.2, 0.25) is 5.15 Å². The lowest BCUT2D eigenvalue weighted by atomic mass is 10.4. The Morgan fingerprint density at radius 2 is 2.24 bits per heavy atom. The van der Waals surface area contributed by atoms with Crippen molar-refractivity contribution in [3.8, 4) is 0 Å². The lowest BCUT2D eigenvalue weighted by molar-refractivity contribution is 0.101. The minimum absolute atomic E-state index is 0.434. The Labute approximate surface area is 107 Å². The topological polar surface area (TPSA) is 38.2 Å². The van der Waals surface area contributed by atoms with Gasteiger partial charge in [-0.15, -0.1) is 0 Å². The van der Waals surface area contributed by atoms with E-state index in [-0.39, 0.29) is 0 Å². The van der Waals surface area contributed by atoms with Gasteiger partial charge in [-0.2, -0.15) is 0 Å². The summed E-state index contributed by atoms with van der Waals surface area (Å²) in [5.74, 6) is 0.836. The Bertz CT molecular complexity index is 340. The normalized spacial score (nSPS) is 15.5. The molecule has 1 aliphatic carbocycles. The molecule has 1 aromatic rings. The van der Waals surface area contributed by atoms with Crippen LogP contribution >= 0.6 is 11.6 Å². The first kappa shape index (κ1) is 12.7. The molecule has 0 radical (unpaired) electrons. The number of ether oxygens (including phenoxy) is 1. The summed E-state index contributed by atoms with van der Waals surface area (Å²) in [6.07, 6.45) is 5.98. The molecule has 0 bridgehead atoms. The zero-order valence-electron chi connectivity index (χ0n) is 10.1. The summed E-state index contributed by atoms with van der Waals surface area (Å²) in [5.41, 5.74) is 0.930. The monoisotopic (exact) mass is 255 g/mol. The van der Waals surface area contributed by atoms with Gasteiger partial charge in [0, 0.05) is 19.7 Å². The Kier molecular flexibility index (Phi) is 4.71. The third-order valence-electron chi connectivity index (χ3n) is 2.77. The second-order valence-corrected chi connectivity index (χ2v) is 4.97. The van der Waals surface area contributed by atoms with E-state index >= 15 is 0 Å². The maximum absolute atomic E-state index is 5.68. The molecule has 0 aliphatic heterocycles. The fraction of sp³-hybridized carbons (Fsp3) is 0.667. The molecular formula is C12H18ClN3O. The van der Waals surface area contributed by atoms with Gasteiger partial charge in [-0.1, -0.05) is 11.6 Å². The fourth-order valence-corrected chi connectivity index (χ4v) is 1.63. The molecule has 2 rings (SSSR count).